The normalized spacial score (nSPS) is 36.5. The van der Waals surface area contributed by atoms with Crippen LogP contribution >= 0.6 is 0 Å². The van der Waals surface area contributed by atoms with Crippen LogP contribution in [0.2, 0.25) is 0 Å². The van der Waals surface area contributed by atoms with E-state index in [-0.39, 0.29) is 0 Å². The fraction of sp³-hybridized carbons (Fsp3) is 1.00. The second-order valence-electron chi connectivity index (χ2n) is 6.15. The molecule has 1 saturated heterocycles. The van der Waals surface area contributed by atoms with E-state index in [1.54, 1.807) is 0 Å². The molecule has 0 aromatic rings. The number of hydrogen-bond acceptors (Lipinski definition) is 3. The van der Waals surface area contributed by atoms with Crippen molar-refractivity contribution in [3.05, 3.63) is 0 Å². The number of nitrogens with one attached hydrogen (secondary N) is 1. The zero-order valence-electron chi connectivity index (χ0n) is 12.3. The molecule has 3 nitrogen and oxygen atoms in total. The Hall–Kier alpha value is -0.120. The van der Waals surface area contributed by atoms with Gasteiger partial charge >= 0.3 is 0 Å². The molecule has 2 rings (SSSR count). The van der Waals surface area contributed by atoms with Crippen LogP contribution in [0.1, 0.15) is 45.4 Å². The molecule has 1 aliphatic carbocycles. The van der Waals surface area contributed by atoms with Gasteiger partial charge < -0.3 is 10.1 Å². The molecule has 18 heavy (non-hydrogen) atoms. The first-order valence-electron chi connectivity index (χ1n) is 7.68. The molecular weight excluding hydrogens is 224 g/mol. The summed E-state index contributed by atoms with van der Waals surface area (Å²) in [4.78, 5) is 2.74. The van der Waals surface area contributed by atoms with Gasteiger partial charge in [-0.15, -0.1) is 0 Å². The summed E-state index contributed by atoms with van der Waals surface area (Å²) in [5.74, 6) is 0.826. The lowest BCUT2D eigenvalue weighted by Crippen LogP contribution is -2.49. The van der Waals surface area contributed by atoms with Crippen molar-refractivity contribution in [3.8, 4) is 0 Å². The third-order valence-corrected chi connectivity index (χ3v) is 5.10. The molecular formula is C15H30N2O. The largest absolute Gasteiger partial charge is 0.381 e. The van der Waals surface area contributed by atoms with Gasteiger partial charge in [-0.2, -0.15) is 0 Å². The summed E-state index contributed by atoms with van der Waals surface area (Å²) in [6, 6.07) is 1.42. The van der Waals surface area contributed by atoms with Crippen LogP contribution in [-0.2, 0) is 4.74 Å². The maximum absolute atomic E-state index is 5.57. The second-order valence-corrected chi connectivity index (χ2v) is 6.15. The van der Waals surface area contributed by atoms with Crippen molar-refractivity contribution in [2.45, 2.75) is 63.6 Å². The van der Waals surface area contributed by atoms with Crippen molar-refractivity contribution in [1.29, 1.82) is 0 Å². The Labute approximate surface area is 112 Å². The maximum atomic E-state index is 5.57. The van der Waals surface area contributed by atoms with E-state index in [9.17, 15) is 0 Å². The number of methoxy groups -OCH3 is 1. The third-order valence-electron chi connectivity index (χ3n) is 5.10. The van der Waals surface area contributed by atoms with Crippen LogP contribution in [0.3, 0.4) is 0 Å². The highest BCUT2D eigenvalue weighted by atomic mass is 16.5. The molecule has 0 radical (unpaired) electrons. The zero-order chi connectivity index (χ0) is 13.0. The van der Waals surface area contributed by atoms with Gasteiger partial charge in [0, 0.05) is 25.7 Å². The summed E-state index contributed by atoms with van der Waals surface area (Å²) < 4.78 is 5.57. The molecule has 3 heteroatoms. The molecule has 1 aliphatic heterocycles. The summed E-state index contributed by atoms with van der Waals surface area (Å²) in [5, 5.41) is 3.43. The molecule has 4 unspecified atom stereocenters. The number of ether oxygens (including phenoxy) is 1. The van der Waals surface area contributed by atoms with Gasteiger partial charge in [0.2, 0.25) is 0 Å². The SMILES string of the molecule is CNC(C)C1CCCN(C2CCCC(OC)C2)C1. The summed E-state index contributed by atoms with van der Waals surface area (Å²) >= 11 is 0. The first-order chi connectivity index (χ1) is 8.74. The topological polar surface area (TPSA) is 24.5 Å². The molecule has 0 spiro atoms. The van der Waals surface area contributed by atoms with E-state index in [4.69, 9.17) is 4.74 Å². The molecule has 1 N–H and O–H groups in total. The molecule has 0 aromatic heterocycles. The molecule has 1 heterocycles. The van der Waals surface area contributed by atoms with E-state index < -0.39 is 0 Å². The van der Waals surface area contributed by atoms with Gasteiger partial charge in [-0.25, -0.2) is 0 Å². The average Bonchev–Trinajstić information content (AvgIpc) is 2.46. The lowest BCUT2D eigenvalue weighted by molar-refractivity contribution is 0.0124. The minimum Gasteiger partial charge on any atom is -0.381 e. The van der Waals surface area contributed by atoms with Crippen LogP contribution in [0.5, 0.6) is 0 Å². The average molecular weight is 254 g/mol. The number of nitrogens with zero attached hydrogens (tertiary/aromatic N) is 1. The fourth-order valence-electron chi connectivity index (χ4n) is 3.68. The van der Waals surface area contributed by atoms with E-state index in [1.807, 2.05) is 7.11 Å². The maximum Gasteiger partial charge on any atom is 0.0586 e. The Morgan fingerprint density at radius 3 is 2.78 bits per heavy atom. The zero-order valence-corrected chi connectivity index (χ0v) is 12.3. The van der Waals surface area contributed by atoms with Crippen molar-refractivity contribution in [3.63, 3.8) is 0 Å². The van der Waals surface area contributed by atoms with E-state index >= 15 is 0 Å². The van der Waals surface area contributed by atoms with Gasteiger partial charge in [-0.05, 0) is 65.0 Å². The molecule has 2 aliphatic rings. The summed E-state index contributed by atoms with van der Waals surface area (Å²) in [5.41, 5.74) is 0. The number of likely N-dealkylation sites (tertiary alicyclic amines) is 1. The van der Waals surface area contributed by atoms with Gasteiger partial charge in [0.15, 0.2) is 0 Å². The Balaban J connectivity index is 1.87. The Bertz CT molecular complexity index is 245. The smallest absolute Gasteiger partial charge is 0.0586 e. The highest BCUT2D eigenvalue weighted by molar-refractivity contribution is 4.86. The van der Waals surface area contributed by atoms with Gasteiger partial charge in [-0.1, -0.05) is 0 Å². The molecule has 0 amide bonds. The van der Waals surface area contributed by atoms with Gasteiger partial charge in [0.1, 0.15) is 0 Å². The van der Waals surface area contributed by atoms with Crippen LogP contribution in [0.4, 0.5) is 0 Å². The Morgan fingerprint density at radius 2 is 2.06 bits per heavy atom. The van der Waals surface area contributed by atoms with Crippen molar-refractivity contribution in [2.75, 3.05) is 27.2 Å². The first-order valence-corrected chi connectivity index (χ1v) is 7.68. The standard InChI is InChI=1S/C15H30N2O/c1-12(16-2)13-6-5-9-17(11-13)14-7-4-8-15(10-14)18-3/h12-16H,4-11H2,1-3H3. The van der Waals surface area contributed by atoms with Crippen LogP contribution < -0.4 is 5.32 Å². The summed E-state index contributed by atoms with van der Waals surface area (Å²) in [7, 11) is 3.96. The highest BCUT2D eigenvalue weighted by Gasteiger charge is 2.31. The highest BCUT2D eigenvalue weighted by Crippen LogP contribution is 2.29. The minimum atomic E-state index is 0.505. The predicted molar refractivity (Wildman–Crippen MR) is 75.9 cm³/mol. The van der Waals surface area contributed by atoms with Gasteiger partial charge in [-0.3, -0.25) is 4.90 Å². The van der Waals surface area contributed by atoms with E-state index in [0.717, 1.165) is 12.0 Å². The minimum absolute atomic E-state index is 0.505. The first kappa shape index (κ1) is 14.3. The van der Waals surface area contributed by atoms with Crippen LogP contribution in [-0.4, -0.2) is 50.3 Å². The summed E-state index contributed by atoms with van der Waals surface area (Å²) in [6.07, 6.45) is 8.48. The Kier molecular flexibility index (Phi) is 5.46. The Morgan fingerprint density at radius 1 is 1.22 bits per heavy atom. The predicted octanol–water partition coefficient (Wildman–Crippen LogP) is 2.26. The monoisotopic (exact) mass is 254 g/mol. The molecule has 4 atom stereocenters. The fourth-order valence-corrected chi connectivity index (χ4v) is 3.68. The lowest BCUT2D eigenvalue weighted by Gasteiger charge is -2.43. The molecule has 1 saturated carbocycles. The quantitative estimate of drug-likeness (QED) is 0.833. The van der Waals surface area contributed by atoms with E-state index in [1.165, 1.54) is 51.6 Å². The third kappa shape index (κ3) is 3.46. The van der Waals surface area contributed by atoms with Gasteiger partial charge in [0.05, 0.1) is 6.10 Å². The van der Waals surface area contributed by atoms with E-state index in [0.29, 0.717) is 12.1 Å². The van der Waals surface area contributed by atoms with Crippen LogP contribution in [0.15, 0.2) is 0 Å². The molecule has 0 bridgehead atoms. The van der Waals surface area contributed by atoms with Gasteiger partial charge in [0.25, 0.3) is 0 Å². The molecule has 0 aromatic carbocycles. The van der Waals surface area contributed by atoms with Crippen LogP contribution in [0.25, 0.3) is 0 Å². The van der Waals surface area contributed by atoms with E-state index in [2.05, 4.69) is 24.2 Å². The van der Waals surface area contributed by atoms with Crippen molar-refractivity contribution >= 4 is 0 Å². The van der Waals surface area contributed by atoms with Crippen molar-refractivity contribution in [2.24, 2.45) is 5.92 Å². The number of piperidine rings is 1. The number of hydrogen-bond donors (Lipinski definition) is 1. The van der Waals surface area contributed by atoms with Crippen LogP contribution in [0, 0.1) is 5.92 Å². The van der Waals surface area contributed by atoms with Crippen molar-refractivity contribution < 1.29 is 4.74 Å². The van der Waals surface area contributed by atoms with Crippen molar-refractivity contribution in [1.82, 2.24) is 10.2 Å². The summed E-state index contributed by atoms with van der Waals surface area (Å²) in [6.45, 7) is 4.91. The lowest BCUT2D eigenvalue weighted by atomic mass is 9.86. The number of rotatable bonds is 4. The molecule has 106 valence electrons. The molecule has 2 fully saturated rings. The second kappa shape index (κ2) is 6.88.